The van der Waals surface area contributed by atoms with Crippen molar-refractivity contribution in [3.05, 3.63) is 29.8 Å². The Labute approximate surface area is 152 Å². The van der Waals surface area contributed by atoms with E-state index in [1.807, 2.05) is 0 Å². The van der Waals surface area contributed by atoms with Gasteiger partial charge in [-0.1, -0.05) is 6.07 Å². The number of benzene rings is 1. The van der Waals surface area contributed by atoms with E-state index in [4.69, 9.17) is 4.74 Å². The molecule has 0 saturated carbocycles. The van der Waals surface area contributed by atoms with E-state index in [2.05, 4.69) is 0 Å². The van der Waals surface area contributed by atoms with E-state index in [-0.39, 0.29) is 23.5 Å². The van der Waals surface area contributed by atoms with Crippen LogP contribution in [0, 0.1) is 0 Å². The SMILES string of the molecule is O=C(O)C1CCCCN1C(=O)c1cccc(S(=O)(=O)N2CCOCC2)c1. The van der Waals surface area contributed by atoms with Crippen LogP contribution in [0.25, 0.3) is 0 Å². The molecule has 0 spiro atoms. The maximum Gasteiger partial charge on any atom is 0.326 e. The molecule has 1 amide bonds. The molecule has 2 saturated heterocycles. The molecule has 1 unspecified atom stereocenters. The zero-order valence-electron chi connectivity index (χ0n) is 14.3. The first-order valence-electron chi connectivity index (χ1n) is 8.63. The summed E-state index contributed by atoms with van der Waals surface area (Å²) in [6.45, 7) is 1.58. The van der Waals surface area contributed by atoms with Gasteiger partial charge in [-0.25, -0.2) is 13.2 Å². The summed E-state index contributed by atoms with van der Waals surface area (Å²) >= 11 is 0. The summed E-state index contributed by atoms with van der Waals surface area (Å²) in [5.74, 6) is -1.48. The molecule has 2 aliphatic heterocycles. The molecule has 0 radical (unpaired) electrons. The molecule has 0 aromatic heterocycles. The summed E-state index contributed by atoms with van der Waals surface area (Å²) in [5.41, 5.74) is 0.187. The summed E-state index contributed by atoms with van der Waals surface area (Å²) in [5, 5.41) is 9.35. The maximum atomic E-state index is 12.8. The summed E-state index contributed by atoms with van der Waals surface area (Å²) in [6, 6.07) is 4.96. The minimum Gasteiger partial charge on any atom is -0.480 e. The van der Waals surface area contributed by atoms with Crippen molar-refractivity contribution in [1.29, 1.82) is 0 Å². The molecular formula is C17H22N2O6S. The number of hydrogen-bond acceptors (Lipinski definition) is 5. The molecule has 0 aliphatic carbocycles. The van der Waals surface area contributed by atoms with Crippen molar-refractivity contribution in [1.82, 2.24) is 9.21 Å². The van der Waals surface area contributed by atoms with E-state index in [1.165, 1.54) is 33.5 Å². The number of sulfonamides is 1. The molecule has 1 aromatic rings. The average Bonchev–Trinajstić information content (AvgIpc) is 2.68. The smallest absolute Gasteiger partial charge is 0.326 e. The molecular weight excluding hydrogens is 360 g/mol. The first-order chi connectivity index (χ1) is 12.4. The summed E-state index contributed by atoms with van der Waals surface area (Å²) in [7, 11) is -3.71. The van der Waals surface area contributed by atoms with E-state index in [1.54, 1.807) is 0 Å². The minimum absolute atomic E-state index is 0.0362. The highest BCUT2D eigenvalue weighted by atomic mass is 32.2. The van der Waals surface area contributed by atoms with Crippen LogP contribution >= 0.6 is 0 Å². The molecule has 2 aliphatic rings. The zero-order chi connectivity index (χ0) is 18.7. The fourth-order valence-electron chi connectivity index (χ4n) is 3.32. The molecule has 9 heteroatoms. The third-order valence-electron chi connectivity index (χ3n) is 4.74. The van der Waals surface area contributed by atoms with E-state index in [9.17, 15) is 23.1 Å². The Hall–Kier alpha value is -1.97. The number of nitrogens with zero attached hydrogens (tertiary/aromatic N) is 2. The van der Waals surface area contributed by atoms with Crippen molar-refractivity contribution in [3.8, 4) is 0 Å². The van der Waals surface area contributed by atoms with Gasteiger partial charge in [0.15, 0.2) is 0 Å². The number of rotatable bonds is 4. The number of carbonyl (C=O) groups excluding carboxylic acids is 1. The van der Waals surface area contributed by atoms with Gasteiger partial charge in [0.05, 0.1) is 18.1 Å². The normalized spacial score (nSPS) is 22.2. The third-order valence-corrected chi connectivity index (χ3v) is 6.63. The van der Waals surface area contributed by atoms with Crippen molar-refractivity contribution in [2.75, 3.05) is 32.8 Å². The number of piperidine rings is 1. The summed E-state index contributed by atoms with van der Waals surface area (Å²) < 4.78 is 32.0. The highest BCUT2D eigenvalue weighted by molar-refractivity contribution is 7.89. The largest absolute Gasteiger partial charge is 0.480 e. The predicted molar refractivity (Wildman–Crippen MR) is 92.3 cm³/mol. The highest BCUT2D eigenvalue weighted by Crippen LogP contribution is 2.23. The van der Waals surface area contributed by atoms with Crippen LogP contribution in [0.15, 0.2) is 29.2 Å². The van der Waals surface area contributed by atoms with Gasteiger partial charge in [0.2, 0.25) is 10.0 Å². The topological polar surface area (TPSA) is 104 Å². The number of ether oxygens (including phenoxy) is 1. The zero-order valence-corrected chi connectivity index (χ0v) is 15.2. The first kappa shape index (κ1) is 18.8. The van der Waals surface area contributed by atoms with Crippen molar-refractivity contribution < 1.29 is 27.9 Å². The van der Waals surface area contributed by atoms with Crippen molar-refractivity contribution in [2.45, 2.75) is 30.2 Å². The number of carbonyl (C=O) groups is 2. The van der Waals surface area contributed by atoms with Crippen LogP contribution in [0.4, 0.5) is 0 Å². The lowest BCUT2D eigenvalue weighted by molar-refractivity contribution is -0.143. The molecule has 8 nitrogen and oxygen atoms in total. The molecule has 26 heavy (non-hydrogen) atoms. The number of aliphatic carboxylic acids is 1. The standard InChI is InChI=1S/C17H22N2O6S/c20-16(19-7-2-1-6-15(19)17(21)22)13-4-3-5-14(12-13)26(23,24)18-8-10-25-11-9-18/h3-5,12,15H,1-2,6-11H2,(H,21,22). The van der Waals surface area contributed by atoms with Gasteiger partial charge < -0.3 is 14.7 Å². The number of carboxylic acid groups (broad SMARTS) is 1. The Bertz CT molecular complexity index is 788. The van der Waals surface area contributed by atoms with Crippen LogP contribution < -0.4 is 0 Å². The van der Waals surface area contributed by atoms with Crippen LogP contribution in [0.2, 0.25) is 0 Å². The lowest BCUT2D eigenvalue weighted by Crippen LogP contribution is -2.48. The molecule has 1 N–H and O–H groups in total. The number of amides is 1. The first-order valence-corrected chi connectivity index (χ1v) is 10.1. The van der Waals surface area contributed by atoms with Gasteiger partial charge in [-0.2, -0.15) is 4.31 Å². The van der Waals surface area contributed by atoms with Crippen molar-refractivity contribution in [3.63, 3.8) is 0 Å². The van der Waals surface area contributed by atoms with E-state index >= 15 is 0 Å². The van der Waals surface area contributed by atoms with Gasteiger partial charge in [0, 0.05) is 25.2 Å². The molecule has 2 fully saturated rings. The van der Waals surface area contributed by atoms with Gasteiger partial charge >= 0.3 is 5.97 Å². The van der Waals surface area contributed by atoms with Gasteiger partial charge in [0.1, 0.15) is 6.04 Å². The Morgan fingerprint density at radius 2 is 1.85 bits per heavy atom. The fraction of sp³-hybridized carbons (Fsp3) is 0.529. The van der Waals surface area contributed by atoms with Crippen LogP contribution in [-0.2, 0) is 19.6 Å². The Morgan fingerprint density at radius 1 is 1.12 bits per heavy atom. The second kappa shape index (κ2) is 7.73. The monoisotopic (exact) mass is 382 g/mol. The molecule has 1 aromatic carbocycles. The van der Waals surface area contributed by atoms with Gasteiger partial charge in [0.25, 0.3) is 5.91 Å². The lowest BCUT2D eigenvalue weighted by atomic mass is 10.0. The molecule has 142 valence electrons. The quantitative estimate of drug-likeness (QED) is 0.826. The van der Waals surface area contributed by atoms with Crippen LogP contribution in [-0.4, -0.2) is 73.5 Å². The van der Waals surface area contributed by atoms with Gasteiger partial charge in [-0.3, -0.25) is 4.79 Å². The molecule has 3 rings (SSSR count). The van der Waals surface area contributed by atoms with Crippen molar-refractivity contribution >= 4 is 21.9 Å². The Kier molecular flexibility index (Phi) is 5.59. The second-order valence-electron chi connectivity index (χ2n) is 6.39. The van der Waals surface area contributed by atoms with Crippen LogP contribution in [0.1, 0.15) is 29.6 Å². The Balaban J connectivity index is 1.86. The van der Waals surface area contributed by atoms with Gasteiger partial charge in [-0.15, -0.1) is 0 Å². The minimum atomic E-state index is -3.71. The predicted octanol–water partition coefficient (Wildman–Crippen LogP) is 0.787. The summed E-state index contributed by atoms with van der Waals surface area (Å²) in [6.07, 6.45) is 1.90. The van der Waals surface area contributed by atoms with Crippen LogP contribution in [0.5, 0.6) is 0 Å². The third kappa shape index (κ3) is 3.74. The molecule has 1 atom stereocenters. The molecule has 2 heterocycles. The number of likely N-dealkylation sites (tertiary alicyclic amines) is 1. The number of morpholine rings is 1. The van der Waals surface area contributed by atoms with E-state index in [0.29, 0.717) is 26.2 Å². The van der Waals surface area contributed by atoms with Crippen LogP contribution in [0.3, 0.4) is 0 Å². The fourth-order valence-corrected chi connectivity index (χ4v) is 4.78. The number of hydrogen-bond donors (Lipinski definition) is 1. The van der Waals surface area contributed by atoms with Crippen molar-refractivity contribution in [2.24, 2.45) is 0 Å². The van der Waals surface area contributed by atoms with E-state index in [0.717, 1.165) is 12.8 Å². The average molecular weight is 382 g/mol. The number of carboxylic acids is 1. The second-order valence-corrected chi connectivity index (χ2v) is 8.33. The molecule has 0 bridgehead atoms. The Morgan fingerprint density at radius 3 is 2.54 bits per heavy atom. The lowest BCUT2D eigenvalue weighted by Gasteiger charge is -2.33. The summed E-state index contributed by atoms with van der Waals surface area (Å²) in [4.78, 5) is 25.6. The van der Waals surface area contributed by atoms with Gasteiger partial charge in [-0.05, 0) is 37.5 Å². The van der Waals surface area contributed by atoms with E-state index < -0.39 is 27.9 Å². The highest BCUT2D eigenvalue weighted by Gasteiger charge is 2.33. The maximum absolute atomic E-state index is 12.8.